The van der Waals surface area contributed by atoms with E-state index < -0.39 is 0 Å². The first kappa shape index (κ1) is 15.7. The second-order valence-electron chi connectivity index (χ2n) is 3.39. The SMILES string of the molecule is CSC(=CC(=C(C#N)C#N)c1ccc(Cl)cc1)SC. The topological polar surface area (TPSA) is 47.6 Å². The molecular formula is C14H11ClN2S2. The Balaban J connectivity index is 3.42. The minimum absolute atomic E-state index is 0.0999. The monoisotopic (exact) mass is 306 g/mol. The maximum atomic E-state index is 9.07. The summed E-state index contributed by atoms with van der Waals surface area (Å²) in [5.41, 5.74) is 1.53. The van der Waals surface area contributed by atoms with Crippen molar-refractivity contribution >= 4 is 40.7 Å². The lowest BCUT2D eigenvalue weighted by Crippen LogP contribution is -1.87. The van der Waals surface area contributed by atoms with Gasteiger partial charge in [0.2, 0.25) is 0 Å². The van der Waals surface area contributed by atoms with Gasteiger partial charge in [0.1, 0.15) is 17.7 Å². The minimum Gasteiger partial charge on any atom is -0.192 e. The summed E-state index contributed by atoms with van der Waals surface area (Å²) in [6.45, 7) is 0. The van der Waals surface area contributed by atoms with Crippen LogP contribution in [0.5, 0.6) is 0 Å². The zero-order chi connectivity index (χ0) is 14.3. The summed E-state index contributed by atoms with van der Waals surface area (Å²) >= 11 is 9.01. The Morgan fingerprint density at radius 2 is 1.63 bits per heavy atom. The van der Waals surface area contributed by atoms with Gasteiger partial charge in [-0.2, -0.15) is 10.5 Å². The lowest BCUT2D eigenvalue weighted by Gasteiger charge is -2.06. The molecule has 0 amide bonds. The molecular weight excluding hydrogens is 296 g/mol. The molecule has 0 spiro atoms. The van der Waals surface area contributed by atoms with Crippen molar-refractivity contribution in [2.24, 2.45) is 0 Å². The number of benzene rings is 1. The number of nitriles is 2. The molecule has 0 saturated carbocycles. The average molecular weight is 307 g/mol. The third-order valence-corrected chi connectivity index (χ3v) is 4.61. The molecule has 0 atom stereocenters. The van der Waals surface area contributed by atoms with E-state index in [4.69, 9.17) is 22.1 Å². The van der Waals surface area contributed by atoms with Crippen LogP contribution in [-0.2, 0) is 0 Å². The molecule has 5 heteroatoms. The summed E-state index contributed by atoms with van der Waals surface area (Å²) in [6, 6.07) is 11.0. The van der Waals surface area contributed by atoms with Crippen LogP contribution >= 0.6 is 35.1 Å². The normalized spacial score (nSPS) is 9.11. The standard InChI is InChI=1S/C14H11ClN2S2/c1-18-14(19-2)7-13(11(8-16)9-17)10-3-5-12(15)6-4-10/h3-7H,1-2H3. The highest BCUT2D eigenvalue weighted by molar-refractivity contribution is 8.21. The molecule has 0 bridgehead atoms. The molecule has 19 heavy (non-hydrogen) atoms. The number of halogens is 1. The van der Waals surface area contributed by atoms with Gasteiger partial charge in [-0.1, -0.05) is 23.7 Å². The Bertz CT molecular complexity index is 567. The molecule has 0 aliphatic heterocycles. The van der Waals surface area contributed by atoms with Crippen LogP contribution in [0.4, 0.5) is 0 Å². The van der Waals surface area contributed by atoms with Gasteiger partial charge in [-0.15, -0.1) is 23.5 Å². The molecule has 0 aliphatic carbocycles. The predicted octanol–water partition coefficient (Wildman–Crippen LogP) is 4.71. The zero-order valence-electron chi connectivity index (χ0n) is 10.5. The largest absolute Gasteiger partial charge is 0.192 e. The lowest BCUT2D eigenvalue weighted by molar-refractivity contribution is 1.46. The molecule has 0 heterocycles. The second kappa shape index (κ2) is 7.96. The molecule has 0 saturated heterocycles. The van der Waals surface area contributed by atoms with E-state index in [1.165, 1.54) is 0 Å². The minimum atomic E-state index is 0.0999. The predicted molar refractivity (Wildman–Crippen MR) is 84.7 cm³/mol. The van der Waals surface area contributed by atoms with E-state index in [1.807, 2.05) is 30.7 Å². The molecule has 0 radical (unpaired) electrons. The number of thioether (sulfide) groups is 2. The van der Waals surface area contributed by atoms with Crippen molar-refractivity contribution in [3.8, 4) is 12.1 Å². The first-order chi connectivity index (χ1) is 9.15. The summed E-state index contributed by atoms with van der Waals surface area (Å²) in [5, 5.41) is 18.8. The molecule has 0 unspecified atom stereocenters. The lowest BCUT2D eigenvalue weighted by atomic mass is 10.0. The first-order valence-corrected chi connectivity index (χ1v) is 8.09. The van der Waals surface area contributed by atoms with Crippen LogP contribution in [0.15, 0.2) is 40.2 Å². The fourth-order valence-electron chi connectivity index (χ4n) is 1.39. The summed E-state index contributed by atoms with van der Waals surface area (Å²) in [6.07, 6.45) is 5.78. The van der Waals surface area contributed by atoms with Gasteiger partial charge in [-0.05, 0) is 36.3 Å². The fraction of sp³-hybridized carbons (Fsp3) is 0.143. The molecule has 0 aliphatic rings. The van der Waals surface area contributed by atoms with Crippen LogP contribution in [0.25, 0.3) is 5.57 Å². The van der Waals surface area contributed by atoms with Crippen molar-refractivity contribution in [3.05, 3.63) is 50.7 Å². The van der Waals surface area contributed by atoms with Crippen molar-refractivity contribution < 1.29 is 0 Å². The quantitative estimate of drug-likeness (QED) is 0.597. The molecule has 2 nitrogen and oxygen atoms in total. The fourth-order valence-corrected chi connectivity index (χ4v) is 2.66. The second-order valence-corrected chi connectivity index (χ2v) is 5.78. The van der Waals surface area contributed by atoms with E-state index in [9.17, 15) is 0 Å². The van der Waals surface area contributed by atoms with Gasteiger partial charge in [0.15, 0.2) is 0 Å². The van der Waals surface area contributed by atoms with Crippen LogP contribution in [-0.4, -0.2) is 12.5 Å². The van der Waals surface area contributed by atoms with E-state index in [-0.39, 0.29) is 5.57 Å². The first-order valence-electron chi connectivity index (χ1n) is 5.26. The summed E-state index contributed by atoms with van der Waals surface area (Å²) in [7, 11) is 0. The smallest absolute Gasteiger partial charge is 0.137 e. The van der Waals surface area contributed by atoms with Crippen LogP contribution in [0.2, 0.25) is 5.02 Å². The van der Waals surface area contributed by atoms with Crippen LogP contribution in [0.3, 0.4) is 0 Å². The van der Waals surface area contributed by atoms with Crippen molar-refractivity contribution in [1.82, 2.24) is 0 Å². The molecule has 1 aromatic rings. The van der Waals surface area contributed by atoms with Gasteiger partial charge in [-0.25, -0.2) is 0 Å². The van der Waals surface area contributed by atoms with E-state index in [0.29, 0.717) is 10.6 Å². The molecule has 96 valence electrons. The van der Waals surface area contributed by atoms with Gasteiger partial charge in [0.25, 0.3) is 0 Å². The van der Waals surface area contributed by atoms with Crippen molar-refractivity contribution in [2.45, 2.75) is 0 Å². The maximum Gasteiger partial charge on any atom is 0.137 e. The third kappa shape index (κ3) is 4.36. The molecule has 1 rings (SSSR count). The Morgan fingerprint density at radius 1 is 1.11 bits per heavy atom. The van der Waals surface area contributed by atoms with Gasteiger partial charge in [0.05, 0.1) is 0 Å². The third-order valence-electron chi connectivity index (χ3n) is 2.31. The number of hydrogen-bond donors (Lipinski definition) is 0. The summed E-state index contributed by atoms with van der Waals surface area (Å²) < 4.78 is 1.04. The number of allylic oxidation sites excluding steroid dienone is 3. The highest BCUT2D eigenvalue weighted by atomic mass is 35.5. The number of rotatable bonds is 4. The van der Waals surface area contributed by atoms with E-state index >= 15 is 0 Å². The van der Waals surface area contributed by atoms with Gasteiger partial charge >= 0.3 is 0 Å². The molecule has 0 aromatic heterocycles. The summed E-state index contributed by atoms with van der Waals surface area (Å²) in [4.78, 5) is 0. The van der Waals surface area contributed by atoms with E-state index in [0.717, 1.165) is 9.80 Å². The average Bonchev–Trinajstić information content (AvgIpc) is 2.45. The van der Waals surface area contributed by atoms with Crippen LogP contribution < -0.4 is 0 Å². The van der Waals surface area contributed by atoms with Crippen molar-refractivity contribution in [2.75, 3.05) is 12.5 Å². The molecule has 1 aromatic carbocycles. The zero-order valence-corrected chi connectivity index (χ0v) is 12.9. The Kier molecular flexibility index (Phi) is 6.59. The Labute approximate surface area is 126 Å². The summed E-state index contributed by atoms with van der Waals surface area (Å²) in [5.74, 6) is 0. The molecule has 0 fully saturated rings. The Hall–Kier alpha value is -1.33. The number of nitrogens with zero attached hydrogens (tertiary/aromatic N) is 2. The van der Waals surface area contributed by atoms with Gasteiger partial charge in [0, 0.05) is 14.8 Å². The van der Waals surface area contributed by atoms with Crippen LogP contribution in [0, 0.1) is 22.7 Å². The van der Waals surface area contributed by atoms with Crippen LogP contribution in [0.1, 0.15) is 5.56 Å². The highest BCUT2D eigenvalue weighted by Gasteiger charge is 2.08. The van der Waals surface area contributed by atoms with Gasteiger partial charge in [-0.3, -0.25) is 0 Å². The number of hydrogen-bond acceptors (Lipinski definition) is 4. The van der Waals surface area contributed by atoms with Crippen molar-refractivity contribution in [1.29, 1.82) is 10.5 Å². The van der Waals surface area contributed by atoms with E-state index in [1.54, 1.807) is 47.8 Å². The van der Waals surface area contributed by atoms with Crippen molar-refractivity contribution in [3.63, 3.8) is 0 Å². The van der Waals surface area contributed by atoms with Gasteiger partial charge < -0.3 is 0 Å². The van der Waals surface area contributed by atoms with E-state index in [2.05, 4.69) is 0 Å². The molecule has 0 N–H and O–H groups in total. The Morgan fingerprint density at radius 3 is 2.05 bits per heavy atom. The highest BCUT2D eigenvalue weighted by Crippen LogP contribution is 2.30. The maximum absolute atomic E-state index is 9.07.